The fourth-order valence-corrected chi connectivity index (χ4v) is 2.92. The first-order valence-corrected chi connectivity index (χ1v) is 7.95. The zero-order valence-corrected chi connectivity index (χ0v) is 13.6. The molecular weight excluding hydrogens is 278 g/mol. The van der Waals surface area contributed by atoms with E-state index in [0.717, 1.165) is 18.7 Å². The molecule has 0 aliphatic carbocycles. The Bertz CT molecular complexity index is 534. The number of likely N-dealkylation sites (tertiary alicyclic amines) is 1. The van der Waals surface area contributed by atoms with Gasteiger partial charge in [0.15, 0.2) is 0 Å². The molecule has 1 saturated heterocycles. The molecule has 120 valence electrons. The molecule has 1 aromatic carbocycles. The number of carbonyl (C=O) groups is 2. The van der Waals surface area contributed by atoms with Crippen LogP contribution in [0.15, 0.2) is 24.3 Å². The van der Waals surface area contributed by atoms with Crippen molar-refractivity contribution in [3.8, 4) is 0 Å². The molecule has 1 N–H and O–H groups in total. The number of Topliss-reactive ketones (excluding diaryl/α,β-unsaturated/α-hetero) is 1. The van der Waals surface area contributed by atoms with Crippen LogP contribution in [-0.2, 0) is 10.2 Å². The predicted molar refractivity (Wildman–Crippen MR) is 82.8 cm³/mol. The average molecular weight is 303 g/mol. The molecule has 2 rings (SSSR count). The first-order chi connectivity index (χ1) is 10.3. The third-order valence-electron chi connectivity index (χ3n) is 4.51. The van der Waals surface area contributed by atoms with Gasteiger partial charge in [-0.1, -0.05) is 45.0 Å². The van der Waals surface area contributed by atoms with Gasteiger partial charge in [-0.2, -0.15) is 0 Å². The number of carbonyl (C=O) groups excluding carboxylic acids is 2. The van der Waals surface area contributed by atoms with E-state index in [1.54, 1.807) is 0 Å². The molecule has 22 heavy (non-hydrogen) atoms. The Morgan fingerprint density at radius 1 is 1.14 bits per heavy atom. The number of carboxylic acids is 1. The molecular formula is C18H25NO3. The summed E-state index contributed by atoms with van der Waals surface area (Å²) >= 11 is 0. The van der Waals surface area contributed by atoms with Gasteiger partial charge in [-0.3, -0.25) is 4.79 Å². The third kappa shape index (κ3) is 4.17. The lowest BCUT2D eigenvalue weighted by Gasteiger charge is -2.29. The molecule has 0 atom stereocenters. The number of benzene rings is 1. The maximum absolute atomic E-state index is 12.3. The summed E-state index contributed by atoms with van der Waals surface area (Å²) in [6.45, 7) is 8.34. The van der Waals surface area contributed by atoms with Crippen molar-refractivity contribution < 1.29 is 19.6 Å². The lowest BCUT2D eigenvalue weighted by Crippen LogP contribution is -3.14. The van der Waals surface area contributed by atoms with Crippen LogP contribution in [0.2, 0.25) is 0 Å². The van der Waals surface area contributed by atoms with Gasteiger partial charge in [0.05, 0.1) is 13.1 Å². The Morgan fingerprint density at radius 2 is 1.68 bits per heavy atom. The number of hydrogen-bond acceptors (Lipinski definition) is 3. The molecule has 0 bridgehead atoms. The number of ketones is 1. The SMILES string of the molecule is CC(C)(C)c1ccc(C(=O)C[NH+]2CCC(C(=O)[O-])CC2)cc1. The number of quaternary nitrogens is 1. The maximum atomic E-state index is 12.3. The van der Waals surface area contributed by atoms with E-state index in [-0.39, 0.29) is 17.1 Å². The summed E-state index contributed by atoms with van der Waals surface area (Å²) in [5, 5.41) is 10.8. The van der Waals surface area contributed by atoms with Gasteiger partial charge in [-0.05, 0) is 11.0 Å². The quantitative estimate of drug-likeness (QED) is 0.809. The summed E-state index contributed by atoms with van der Waals surface area (Å²) in [6, 6.07) is 7.84. The van der Waals surface area contributed by atoms with Crippen molar-refractivity contribution in [1.29, 1.82) is 0 Å². The Balaban J connectivity index is 1.92. The van der Waals surface area contributed by atoms with Gasteiger partial charge in [0.25, 0.3) is 0 Å². The minimum Gasteiger partial charge on any atom is -0.550 e. The second-order valence-electron chi connectivity index (χ2n) is 7.27. The first-order valence-electron chi connectivity index (χ1n) is 7.95. The van der Waals surface area contributed by atoms with Crippen LogP contribution in [0, 0.1) is 5.92 Å². The highest BCUT2D eigenvalue weighted by Crippen LogP contribution is 2.22. The fourth-order valence-electron chi connectivity index (χ4n) is 2.92. The normalized spacial score (nSPS) is 22.3. The van der Waals surface area contributed by atoms with Crippen molar-refractivity contribution in [1.82, 2.24) is 0 Å². The standard InChI is InChI=1S/C18H25NO3/c1-18(2,3)15-6-4-13(5-7-15)16(20)12-19-10-8-14(9-11-19)17(21)22/h4-7,14H,8-12H2,1-3H3,(H,21,22). The molecule has 0 amide bonds. The fraction of sp³-hybridized carbons (Fsp3) is 0.556. The Hall–Kier alpha value is -1.68. The highest BCUT2D eigenvalue weighted by atomic mass is 16.4. The first kappa shape index (κ1) is 16.7. The van der Waals surface area contributed by atoms with E-state index >= 15 is 0 Å². The van der Waals surface area contributed by atoms with Crippen LogP contribution in [0.3, 0.4) is 0 Å². The number of carboxylic acid groups (broad SMARTS) is 1. The van der Waals surface area contributed by atoms with Crippen LogP contribution in [0.4, 0.5) is 0 Å². The molecule has 1 heterocycles. The monoisotopic (exact) mass is 303 g/mol. The minimum absolute atomic E-state index is 0.0829. The molecule has 0 radical (unpaired) electrons. The second kappa shape index (κ2) is 6.61. The van der Waals surface area contributed by atoms with Crippen LogP contribution >= 0.6 is 0 Å². The van der Waals surface area contributed by atoms with Crippen molar-refractivity contribution in [3.63, 3.8) is 0 Å². The molecule has 4 nitrogen and oxygen atoms in total. The minimum atomic E-state index is -0.955. The van der Waals surface area contributed by atoms with Gasteiger partial charge >= 0.3 is 0 Å². The molecule has 1 aliphatic rings. The lowest BCUT2D eigenvalue weighted by atomic mass is 9.86. The molecule has 0 aromatic heterocycles. The molecule has 4 heteroatoms. The van der Waals surface area contributed by atoms with Gasteiger partial charge in [-0.15, -0.1) is 0 Å². The van der Waals surface area contributed by atoms with E-state index in [1.165, 1.54) is 10.5 Å². The highest BCUT2D eigenvalue weighted by molar-refractivity contribution is 5.96. The zero-order chi connectivity index (χ0) is 16.3. The molecule has 0 unspecified atom stereocenters. The summed E-state index contributed by atoms with van der Waals surface area (Å²) < 4.78 is 0. The summed E-state index contributed by atoms with van der Waals surface area (Å²) in [5.41, 5.74) is 2.04. The molecule has 1 aliphatic heterocycles. The Morgan fingerprint density at radius 3 is 2.14 bits per heavy atom. The second-order valence-corrected chi connectivity index (χ2v) is 7.27. The zero-order valence-electron chi connectivity index (χ0n) is 13.6. The number of piperidine rings is 1. The van der Waals surface area contributed by atoms with Crippen LogP contribution in [-0.4, -0.2) is 31.4 Å². The number of hydrogen-bond donors (Lipinski definition) is 1. The smallest absolute Gasteiger partial charge is 0.216 e. The van der Waals surface area contributed by atoms with Crippen LogP contribution < -0.4 is 10.0 Å². The lowest BCUT2D eigenvalue weighted by molar-refractivity contribution is -0.897. The van der Waals surface area contributed by atoms with Crippen LogP contribution in [0.5, 0.6) is 0 Å². The highest BCUT2D eigenvalue weighted by Gasteiger charge is 2.25. The third-order valence-corrected chi connectivity index (χ3v) is 4.51. The van der Waals surface area contributed by atoms with Crippen molar-refractivity contribution in [3.05, 3.63) is 35.4 Å². The van der Waals surface area contributed by atoms with Gasteiger partial charge in [0.1, 0.15) is 6.54 Å². The van der Waals surface area contributed by atoms with E-state index < -0.39 is 5.97 Å². The van der Waals surface area contributed by atoms with Crippen LogP contribution in [0.25, 0.3) is 0 Å². The van der Waals surface area contributed by atoms with E-state index in [1.807, 2.05) is 24.3 Å². The topological polar surface area (TPSA) is 61.6 Å². The Kier molecular flexibility index (Phi) is 5.01. The van der Waals surface area contributed by atoms with Crippen molar-refractivity contribution in [2.45, 2.75) is 39.0 Å². The van der Waals surface area contributed by atoms with E-state index in [9.17, 15) is 14.7 Å². The molecule has 0 saturated carbocycles. The van der Waals surface area contributed by atoms with Crippen LogP contribution in [0.1, 0.15) is 49.5 Å². The van der Waals surface area contributed by atoms with Gasteiger partial charge < -0.3 is 14.8 Å². The van der Waals surface area contributed by atoms with Crippen molar-refractivity contribution in [2.24, 2.45) is 5.92 Å². The summed E-state index contributed by atoms with van der Waals surface area (Å²) in [6.07, 6.45) is 1.21. The summed E-state index contributed by atoms with van der Waals surface area (Å²) in [4.78, 5) is 24.3. The Labute approximate surface area is 132 Å². The predicted octanol–water partition coefficient (Wildman–Crippen LogP) is 0.212. The summed E-state index contributed by atoms with van der Waals surface area (Å²) in [7, 11) is 0. The van der Waals surface area contributed by atoms with Gasteiger partial charge in [-0.25, -0.2) is 0 Å². The van der Waals surface area contributed by atoms with E-state index in [4.69, 9.17) is 0 Å². The molecule has 1 aromatic rings. The van der Waals surface area contributed by atoms with Crippen molar-refractivity contribution in [2.75, 3.05) is 19.6 Å². The number of nitrogens with one attached hydrogen (secondary N) is 1. The van der Waals surface area contributed by atoms with Gasteiger partial charge in [0, 0.05) is 30.3 Å². The largest absolute Gasteiger partial charge is 0.550 e. The average Bonchev–Trinajstić information content (AvgIpc) is 2.47. The van der Waals surface area contributed by atoms with Crippen molar-refractivity contribution >= 4 is 11.8 Å². The van der Waals surface area contributed by atoms with Gasteiger partial charge in [0.2, 0.25) is 5.78 Å². The van der Waals surface area contributed by atoms with E-state index in [2.05, 4.69) is 20.8 Å². The summed E-state index contributed by atoms with van der Waals surface area (Å²) in [5.74, 6) is -1.17. The van der Waals surface area contributed by atoms with E-state index in [0.29, 0.717) is 19.4 Å². The molecule has 0 spiro atoms. The number of rotatable bonds is 4. The molecule has 1 fully saturated rings. The maximum Gasteiger partial charge on any atom is 0.216 e. The number of aliphatic carboxylic acids is 1.